The maximum Gasteiger partial charge on any atom is 0.416 e. The lowest BCUT2D eigenvalue weighted by molar-refractivity contribution is -0.137. The Labute approximate surface area is 84.8 Å². The van der Waals surface area contributed by atoms with Crippen LogP contribution in [-0.2, 0) is 6.18 Å². The minimum Gasteiger partial charge on any atom is -0.287 e. The summed E-state index contributed by atoms with van der Waals surface area (Å²) in [5.41, 5.74) is -0.0949. The Bertz CT molecular complexity index is 384. The van der Waals surface area contributed by atoms with Crippen LogP contribution < -0.4 is 5.32 Å². The number of benzene rings is 1. The number of nitrogens with zero attached hydrogens (tertiary/aromatic N) is 1. The normalized spacial score (nSPS) is 20.9. The van der Waals surface area contributed by atoms with Gasteiger partial charge < -0.3 is 0 Å². The van der Waals surface area contributed by atoms with Crippen LogP contribution in [0.4, 0.5) is 13.2 Å². The Morgan fingerprint density at radius 2 is 2.13 bits per heavy atom. The summed E-state index contributed by atoms with van der Waals surface area (Å²) in [6.45, 7) is 0.598. The molecule has 15 heavy (non-hydrogen) atoms. The molecule has 0 aliphatic carbocycles. The van der Waals surface area contributed by atoms with Gasteiger partial charge in [-0.2, -0.15) is 13.2 Å². The lowest BCUT2D eigenvalue weighted by Gasteiger charge is -2.11. The van der Waals surface area contributed by atoms with Crippen LogP contribution in [0, 0.1) is 0 Å². The van der Waals surface area contributed by atoms with Gasteiger partial charge in [0.25, 0.3) is 0 Å². The highest BCUT2D eigenvalue weighted by Gasteiger charge is 2.31. The summed E-state index contributed by atoms with van der Waals surface area (Å²) < 4.78 is 37.2. The molecule has 0 bridgehead atoms. The average molecular weight is 214 g/mol. The zero-order chi connectivity index (χ0) is 10.9. The Morgan fingerprint density at radius 3 is 2.73 bits per heavy atom. The van der Waals surface area contributed by atoms with Crippen LogP contribution in [0.5, 0.6) is 0 Å². The topological polar surface area (TPSA) is 24.4 Å². The Morgan fingerprint density at radius 1 is 1.33 bits per heavy atom. The van der Waals surface area contributed by atoms with Gasteiger partial charge in [0.1, 0.15) is 6.17 Å². The molecule has 0 fully saturated rings. The lowest BCUT2D eigenvalue weighted by atomic mass is 10.1. The van der Waals surface area contributed by atoms with Crippen LogP contribution in [-0.4, -0.2) is 12.8 Å². The number of halogens is 3. The summed E-state index contributed by atoms with van der Waals surface area (Å²) in [5.74, 6) is 0. The fourth-order valence-corrected chi connectivity index (χ4v) is 1.46. The van der Waals surface area contributed by atoms with E-state index in [0.717, 1.165) is 12.1 Å². The molecule has 0 saturated heterocycles. The predicted molar refractivity (Wildman–Crippen MR) is 50.7 cm³/mol. The summed E-state index contributed by atoms with van der Waals surface area (Å²) in [6.07, 6.45) is -2.98. The van der Waals surface area contributed by atoms with E-state index in [9.17, 15) is 13.2 Å². The first kappa shape index (κ1) is 10.2. The Hall–Kier alpha value is -1.36. The fraction of sp³-hybridized carbons (Fsp3) is 0.300. The van der Waals surface area contributed by atoms with E-state index in [1.54, 1.807) is 12.3 Å². The lowest BCUT2D eigenvalue weighted by Crippen LogP contribution is -2.15. The van der Waals surface area contributed by atoms with E-state index in [1.165, 1.54) is 6.07 Å². The monoisotopic (exact) mass is 214 g/mol. The van der Waals surface area contributed by atoms with E-state index in [4.69, 9.17) is 0 Å². The molecule has 1 N–H and O–H groups in total. The SMILES string of the molecule is FC(F)(F)c1cccc(C2N=CCN2)c1. The second-order valence-electron chi connectivity index (χ2n) is 3.27. The Kier molecular flexibility index (Phi) is 2.48. The first-order valence-electron chi connectivity index (χ1n) is 4.49. The standard InChI is InChI=1S/C10H9F3N2/c11-10(12,13)8-3-1-2-7(6-8)9-14-4-5-15-9/h1-4,6,9,15H,5H2. The molecule has 2 nitrogen and oxygen atoms in total. The third kappa shape index (κ3) is 2.18. The second-order valence-corrected chi connectivity index (χ2v) is 3.27. The smallest absolute Gasteiger partial charge is 0.287 e. The van der Waals surface area contributed by atoms with Gasteiger partial charge in [-0.05, 0) is 17.7 Å². The highest BCUT2D eigenvalue weighted by Crippen LogP contribution is 2.31. The molecule has 0 aromatic heterocycles. The first-order valence-corrected chi connectivity index (χ1v) is 4.49. The molecule has 1 aliphatic heterocycles. The van der Waals surface area contributed by atoms with E-state index in [-0.39, 0.29) is 6.17 Å². The third-order valence-electron chi connectivity index (χ3n) is 2.19. The molecule has 0 amide bonds. The second kappa shape index (κ2) is 3.66. The number of nitrogens with one attached hydrogen (secondary N) is 1. The van der Waals surface area contributed by atoms with Gasteiger partial charge in [-0.25, -0.2) is 0 Å². The van der Waals surface area contributed by atoms with Crippen molar-refractivity contribution in [1.29, 1.82) is 0 Å². The molecule has 0 saturated carbocycles. The maximum atomic E-state index is 12.4. The molecule has 1 aliphatic rings. The zero-order valence-electron chi connectivity index (χ0n) is 7.75. The summed E-state index contributed by atoms with van der Waals surface area (Å²) in [7, 11) is 0. The molecule has 1 unspecified atom stereocenters. The van der Waals surface area contributed by atoms with Gasteiger partial charge in [0.15, 0.2) is 0 Å². The predicted octanol–water partition coefficient (Wildman–Crippen LogP) is 2.38. The number of alkyl halides is 3. The fourth-order valence-electron chi connectivity index (χ4n) is 1.46. The molecule has 5 heteroatoms. The molecular weight excluding hydrogens is 205 g/mol. The van der Waals surface area contributed by atoms with Crippen LogP contribution >= 0.6 is 0 Å². The molecule has 0 radical (unpaired) electrons. The van der Waals surface area contributed by atoms with Gasteiger partial charge >= 0.3 is 6.18 Å². The summed E-state index contributed by atoms with van der Waals surface area (Å²) in [6, 6.07) is 5.21. The van der Waals surface area contributed by atoms with Gasteiger partial charge in [-0.3, -0.25) is 10.3 Å². The molecule has 1 heterocycles. The van der Waals surface area contributed by atoms with Crippen LogP contribution in [0.1, 0.15) is 17.3 Å². The van der Waals surface area contributed by atoms with Gasteiger partial charge in [-0.1, -0.05) is 12.1 Å². The van der Waals surface area contributed by atoms with Crippen LogP contribution in [0.15, 0.2) is 29.3 Å². The summed E-state index contributed by atoms with van der Waals surface area (Å²) >= 11 is 0. The van der Waals surface area contributed by atoms with Crippen molar-refractivity contribution in [3.8, 4) is 0 Å². The van der Waals surface area contributed by atoms with Crippen molar-refractivity contribution in [3.05, 3.63) is 35.4 Å². The number of hydrogen-bond acceptors (Lipinski definition) is 2. The van der Waals surface area contributed by atoms with E-state index in [2.05, 4.69) is 10.3 Å². The van der Waals surface area contributed by atoms with E-state index in [0.29, 0.717) is 12.1 Å². The summed E-state index contributed by atoms with van der Waals surface area (Å²) in [4.78, 5) is 4.03. The number of hydrogen-bond donors (Lipinski definition) is 1. The first-order chi connectivity index (χ1) is 7.07. The van der Waals surface area contributed by atoms with Crippen molar-refractivity contribution >= 4 is 6.21 Å². The minimum atomic E-state index is -4.29. The van der Waals surface area contributed by atoms with Gasteiger partial charge in [0.2, 0.25) is 0 Å². The van der Waals surface area contributed by atoms with Crippen LogP contribution in [0.3, 0.4) is 0 Å². The van der Waals surface area contributed by atoms with Gasteiger partial charge in [0, 0.05) is 12.8 Å². The van der Waals surface area contributed by atoms with Crippen molar-refractivity contribution < 1.29 is 13.2 Å². The van der Waals surface area contributed by atoms with Crippen molar-refractivity contribution in [2.75, 3.05) is 6.54 Å². The maximum absolute atomic E-state index is 12.4. The van der Waals surface area contributed by atoms with Crippen molar-refractivity contribution in [1.82, 2.24) is 5.32 Å². The molecule has 1 aromatic carbocycles. The molecule has 1 atom stereocenters. The van der Waals surface area contributed by atoms with E-state index in [1.807, 2.05) is 0 Å². The van der Waals surface area contributed by atoms with E-state index >= 15 is 0 Å². The van der Waals surface area contributed by atoms with Crippen LogP contribution in [0.2, 0.25) is 0 Å². The number of rotatable bonds is 1. The van der Waals surface area contributed by atoms with Crippen LogP contribution in [0.25, 0.3) is 0 Å². The highest BCUT2D eigenvalue weighted by molar-refractivity contribution is 5.62. The zero-order valence-corrected chi connectivity index (χ0v) is 7.75. The van der Waals surface area contributed by atoms with Crippen molar-refractivity contribution in [2.45, 2.75) is 12.3 Å². The number of aliphatic imine (C=N–C) groups is 1. The molecule has 80 valence electrons. The molecule has 1 aromatic rings. The van der Waals surface area contributed by atoms with Gasteiger partial charge in [0.05, 0.1) is 5.56 Å². The Balaban J connectivity index is 2.30. The minimum absolute atomic E-state index is 0.340. The van der Waals surface area contributed by atoms with E-state index < -0.39 is 11.7 Å². The molecular formula is C10H9F3N2. The van der Waals surface area contributed by atoms with Crippen molar-refractivity contribution in [3.63, 3.8) is 0 Å². The molecule has 0 spiro atoms. The largest absolute Gasteiger partial charge is 0.416 e. The van der Waals surface area contributed by atoms with Crippen molar-refractivity contribution in [2.24, 2.45) is 4.99 Å². The summed E-state index contributed by atoms with van der Waals surface area (Å²) in [5, 5.41) is 2.96. The third-order valence-corrected chi connectivity index (χ3v) is 2.19. The van der Waals surface area contributed by atoms with Gasteiger partial charge in [-0.15, -0.1) is 0 Å². The average Bonchev–Trinajstić information content (AvgIpc) is 2.69. The highest BCUT2D eigenvalue weighted by atomic mass is 19.4. The molecule has 2 rings (SSSR count). The quantitative estimate of drug-likeness (QED) is 0.762.